The zero-order valence-electron chi connectivity index (χ0n) is 12.0. The molecule has 0 unspecified atom stereocenters. The number of pyridine rings is 1. The molecule has 0 spiro atoms. The largest absolute Gasteiger partial charge is 0.350 e. The van der Waals surface area contributed by atoms with Gasteiger partial charge in [0, 0.05) is 16.7 Å². The van der Waals surface area contributed by atoms with Crippen molar-refractivity contribution in [1.29, 1.82) is 0 Å². The lowest BCUT2D eigenvalue weighted by molar-refractivity contribution is 0.0941. The van der Waals surface area contributed by atoms with E-state index in [1.165, 1.54) is 4.57 Å². The van der Waals surface area contributed by atoms with Crippen molar-refractivity contribution in [2.24, 2.45) is 0 Å². The monoisotopic (exact) mass is 348 g/mol. The van der Waals surface area contributed by atoms with Gasteiger partial charge >= 0.3 is 0 Å². The van der Waals surface area contributed by atoms with Crippen molar-refractivity contribution in [3.8, 4) is 0 Å². The van der Waals surface area contributed by atoms with Crippen molar-refractivity contribution < 1.29 is 4.79 Å². The van der Waals surface area contributed by atoms with Crippen LogP contribution in [0.2, 0.25) is 0 Å². The van der Waals surface area contributed by atoms with Crippen molar-refractivity contribution in [2.45, 2.75) is 26.4 Å². The minimum atomic E-state index is -0.349. The topological polar surface area (TPSA) is 51.1 Å². The molecule has 110 valence electrons. The number of amides is 1. The second-order valence-electron chi connectivity index (χ2n) is 5.12. The van der Waals surface area contributed by atoms with Crippen molar-refractivity contribution >= 4 is 21.8 Å². The van der Waals surface area contributed by atoms with Gasteiger partial charge in [0.15, 0.2) is 0 Å². The van der Waals surface area contributed by atoms with Gasteiger partial charge in [-0.2, -0.15) is 0 Å². The Kier molecular flexibility index (Phi) is 4.96. The van der Waals surface area contributed by atoms with Crippen LogP contribution in [0.25, 0.3) is 0 Å². The summed E-state index contributed by atoms with van der Waals surface area (Å²) in [5.74, 6) is -0.349. The molecule has 1 amide bonds. The molecular weight excluding hydrogens is 332 g/mol. The molecule has 0 fully saturated rings. The molecule has 0 aliphatic rings. The standard InChI is InChI=1S/C16H17BrN2O2/c1-11(2)18-15(20)14-8-13(17)10-19(16(14)21)9-12-6-4-3-5-7-12/h3-8,10-11H,9H2,1-2H3,(H,18,20). The number of hydrogen-bond acceptors (Lipinski definition) is 2. The summed E-state index contributed by atoms with van der Waals surface area (Å²) in [6.07, 6.45) is 1.70. The normalized spacial score (nSPS) is 10.7. The highest BCUT2D eigenvalue weighted by molar-refractivity contribution is 9.10. The molecule has 4 nitrogen and oxygen atoms in total. The molecule has 21 heavy (non-hydrogen) atoms. The zero-order chi connectivity index (χ0) is 15.4. The number of rotatable bonds is 4. The van der Waals surface area contributed by atoms with Gasteiger partial charge in [-0.25, -0.2) is 0 Å². The van der Waals surface area contributed by atoms with Crippen molar-refractivity contribution in [3.63, 3.8) is 0 Å². The van der Waals surface area contributed by atoms with E-state index in [-0.39, 0.29) is 23.1 Å². The first-order valence-electron chi connectivity index (χ1n) is 6.72. The number of nitrogens with zero attached hydrogens (tertiary/aromatic N) is 1. The molecular formula is C16H17BrN2O2. The number of benzene rings is 1. The lowest BCUT2D eigenvalue weighted by atomic mass is 10.2. The predicted molar refractivity (Wildman–Crippen MR) is 86.5 cm³/mol. The van der Waals surface area contributed by atoms with E-state index in [0.29, 0.717) is 11.0 Å². The molecule has 1 heterocycles. The second-order valence-corrected chi connectivity index (χ2v) is 6.03. The predicted octanol–water partition coefficient (Wildman–Crippen LogP) is 2.80. The fourth-order valence-corrected chi connectivity index (χ4v) is 2.48. The Morgan fingerprint density at radius 1 is 1.29 bits per heavy atom. The Morgan fingerprint density at radius 3 is 2.57 bits per heavy atom. The Labute approximate surface area is 131 Å². The molecule has 0 saturated carbocycles. The average Bonchev–Trinajstić information content (AvgIpc) is 2.42. The molecule has 1 N–H and O–H groups in total. The van der Waals surface area contributed by atoms with E-state index in [1.54, 1.807) is 12.3 Å². The van der Waals surface area contributed by atoms with Crippen LogP contribution in [0.15, 0.2) is 51.9 Å². The Hall–Kier alpha value is -1.88. The van der Waals surface area contributed by atoms with Gasteiger partial charge < -0.3 is 9.88 Å². The first-order valence-corrected chi connectivity index (χ1v) is 7.51. The quantitative estimate of drug-likeness (QED) is 0.923. The molecule has 1 aromatic heterocycles. The maximum Gasteiger partial charge on any atom is 0.263 e. The maximum atomic E-state index is 12.4. The van der Waals surface area contributed by atoms with Gasteiger partial charge in [-0.05, 0) is 41.4 Å². The van der Waals surface area contributed by atoms with Gasteiger partial charge in [-0.15, -0.1) is 0 Å². The number of halogens is 1. The summed E-state index contributed by atoms with van der Waals surface area (Å²) in [6.45, 7) is 4.15. The van der Waals surface area contributed by atoms with Crippen molar-refractivity contribution in [1.82, 2.24) is 9.88 Å². The van der Waals surface area contributed by atoms with Gasteiger partial charge in [0.1, 0.15) is 5.56 Å². The summed E-state index contributed by atoms with van der Waals surface area (Å²) in [5, 5.41) is 2.75. The molecule has 0 aliphatic heterocycles. The SMILES string of the molecule is CC(C)NC(=O)c1cc(Br)cn(Cc2ccccc2)c1=O. The summed E-state index contributed by atoms with van der Waals surface area (Å²) in [7, 11) is 0. The van der Waals surface area contributed by atoms with E-state index in [4.69, 9.17) is 0 Å². The van der Waals surface area contributed by atoms with Gasteiger partial charge in [0.2, 0.25) is 0 Å². The van der Waals surface area contributed by atoms with Gasteiger partial charge in [-0.1, -0.05) is 30.3 Å². The van der Waals surface area contributed by atoms with Gasteiger partial charge in [0.05, 0.1) is 6.54 Å². The number of carbonyl (C=O) groups is 1. The molecule has 2 aromatic rings. The number of nitrogens with one attached hydrogen (secondary N) is 1. The van der Waals surface area contributed by atoms with Crippen LogP contribution < -0.4 is 10.9 Å². The molecule has 2 rings (SSSR count). The van der Waals surface area contributed by atoms with E-state index in [9.17, 15) is 9.59 Å². The van der Waals surface area contributed by atoms with Gasteiger partial charge in [-0.3, -0.25) is 9.59 Å². The summed E-state index contributed by atoms with van der Waals surface area (Å²) in [5.41, 5.74) is 0.863. The minimum absolute atomic E-state index is 0.0153. The van der Waals surface area contributed by atoms with Crippen molar-refractivity contribution in [3.05, 3.63) is 68.5 Å². The molecule has 5 heteroatoms. The Bertz CT molecular complexity index is 693. The van der Waals surface area contributed by atoms with E-state index in [0.717, 1.165) is 5.56 Å². The van der Waals surface area contributed by atoms with Crippen molar-refractivity contribution in [2.75, 3.05) is 0 Å². The van der Waals surface area contributed by atoms with Crippen LogP contribution in [0.1, 0.15) is 29.8 Å². The fourth-order valence-electron chi connectivity index (χ4n) is 2.00. The van der Waals surface area contributed by atoms with Crippen LogP contribution in [0.5, 0.6) is 0 Å². The van der Waals surface area contributed by atoms with Crippen LogP contribution in [-0.4, -0.2) is 16.5 Å². The van der Waals surface area contributed by atoms with E-state index in [1.807, 2.05) is 44.2 Å². The maximum absolute atomic E-state index is 12.4. The van der Waals surface area contributed by atoms with E-state index >= 15 is 0 Å². The molecule has 0 atom stereocenters. The highest BCUT2D eigenvalue weighted by Crippen LogP contribution is 2.10. The van der Waals surface area contributed by atoms with Gasteiger partial charge in [0.25, 0.3) is 11.5 Å². The third kappa shape index (κ3) is 4.04. The smallest absolute Gasteiger partial charge is 0.263 e. The van der Waals surface area contributed by atoms with Crippen LogP contribution in [-0.2, 0) is 6.54 Å². The number of aromatic nitrogens is 1. The highest BCUT2D eigenvalue weighted by Gasteiger charge is 2.14. The molecule has 0 saturated heterocycles. The number of hydrogen-bond donors (Lipinski definition) is 1. The highest BCUT2D eigenvalue weighted by atomic mass is 79.9. The zero-order valence-corrected chi connectivity index (χ0v) is 13.6. The first-order chi connectivity index (χ1) is 9.97. The third-order valence-electron chi connectivity index (χ3n) is 2.91. The van der Waals surface area contributed by atoms with Crippen LogP contribution in [0, 0.1) is 0 Å². The summed E-state index contributed by atoms with van der Waals surface area (Å²) in [4.78, 5) is 24.5. The fraction of sp³-hybridized carbons (Fsp3) is 0.250. The summed E-state index contributed by atoms with van der Waals surface area (Å²) in [6, 6.07) is 11.2. The Morgan fingerprint density at radius 2 is 1.95 bits per heavy atom. The lowest BCUT2D eigenvalue weighted by Gasteiger charge is -2.11. The molecule has 1 aromatic carbocycles. The molecule has 0 bridgehead atoms. The molecule has 0 radical (unpaired) electrons. The minimum Gasteiger partial charge on any atom is -0.350 e. The Balaban J connectivity index is 2.37. The summed E-state index contributed by atoms with van der Waals surface area (Å²) < 4.78 is 2.24. The van der Waals surface area contributed by atoms with E-state index < -0.39 is 0 Å². The first kappa shape index (κ1) is 15.5. The summed E-state index contributed by atoms with van der Waals surface area (Å²) >= 11 is 3.36. The molecule has 0 aliphatic carbocycles. The van der Waals surface area contributed by atoms with Crippen LogP contribution in [0.4, 0.5) is 0 Å². The third-order valence-corrected chi connectivity index (χ3v) is 3.35. The van der Waals surface area contributed by atoms with E-state index in [2.05, 4.69) is 21.2 Å². The lowest BCUT2D eigenvalue weighted by Crippen LogP contribution is -2.36. The van der Waals surface area contributed by atoms with Crippen LogP contribution in [0.3, 0.4) is 0 Å². The average molecular weight is 349 g/mol. The van der Waals surface area contributed by atoms with Crippen LogP contribution >= 0.6 is 15.9 Å². The second kappa shape index (κ2) is 6.72. The number of carbonyl (C=O) groups excluding carboxylic acids is 1.